The summed E-state index contributed by atoms with van der Waals surface area (Å²) in [5.41, 5.74) is 3.57. The van der Waals surface area contributed by atoms with Crippen molar-refractivity contribution in [3.05, 3.63) is 65.9 Å². The molecule has 0 radical (unpaired) electrons. The average Bonchev–Trinajstić information content (AvgIpc) is 3.07. The Morgan fingerprint density at radius 2 is 1.83 bits per heavy atom. The lowest BCUT2D eigenvalue weighted by atomic mass is 10.1. The zero-order valence-electron chi connectivity index (χ0n) is 13.4. The number of halogens is 1. The molecule has 0 aliphatic carbocycles. The molecule has 0 atom stereocenters. The van der Waals surface area contributed by atoms with Crippen molar-refractivity contribution in [2.45, 2.75) is 13.5 Å². The van der Waals surface area contributed by atoms with Crippen molar-refractivity contribution in [2.24, 2.45) is 0 Å². The fourth-order valence-corrected chi connectivity index (χ4v) is 2.93. The quantitative estimate of drug-likeness (QED) is 0.457. The van der Waals surface area contributed by atoms with Gasteiger partial charge >= 0.3 is 0 Å². The van der Waals surface area contributed by atoms with Gasteiger partial charge in [0.25, 0.3) is 0 Å². The first-order chi connectivity index (χ1) is 11.3. The number of benzene rings is 2. The highest BCUT2D eigenvalue weighted by Gasteiger charge is 2.12. The number of para-hydroxylation sites is 1. The van der Waals surface area contributed by atoms with Crippen molar-refractivity contribution in [1.82, 2.24) is 0 Å². The number of ether oxygens (including phenoxy) is 2. The molecule has 0 spiro atoms. The number of pyridine rings is 1. The summed E-state index contributed by atoms with van der Waals surface area (Å²) in [5, 5.41) is 1.26. The largest absolute Gasteiger partial charge is 1.00 e. The molecule has 0 bridgehead atoms. The number of hydrogen-bond acceptors (Lipinski definition) is 2. The predicted molar refractivity (Wildman–Crippen MR) is 91.3 cm³/mol. The summed E-state index contributed by atoms with van der Waals surface area (Å²) < 4.78 is 13.0. The number of fused-ring (bicyclic) bond motifs is 2. The van der Waals surface area contributed by atoms with Crippen LogP contribution >= 0.6 is 0 Å². The van der Waals surface area contributed by atoms with Crippen LogP contribution in [-0.2, 0) is 6.54 Å². The van der Waals surface area contributed by atoms with E-state index in [1.165, 1.54) is 16.5 Å². The minimum atomic E-state index is 0. The van der Waals surface area contributed by atoms with Gasteiger partial charge < -0.3 is 33.5 Å². The van der Waals surface area contributed by atoms with Gasteiger partial charge in [0.15, 0.2) is 17.7 Å². The second-order valence-corrected chi connectivity index (χ2v) is 5.52. The van der Waals surface area contributed by atoms with E-state index in [0.717, 1.165) is 23.6 Å². The van der Waals surface area contributed by atoms with E-state index >= 15 is 0 Å². The molecule has 1 aromatic heterocycles. The van der Waals surface area contributed by atoms with E-state index in [4.69, 9.17) is 9.47 Å². The zero-order valence-corrected chi connectivity index (χ0v) is 15.6. The Morgan fingerprint density at radius 3 is 2.71 bits per heavy atom. The van der Waals surface area contributed by atoms with E-state index in [9.17, 15) is 0 Å². The maximum atomic E-state index is 5.43. The third-order valence-electron chi connectivity index (χ3n) is 4.15. The molecule has 122 valence electrons. The third kappa shape index (κ3) is 3.11. The Balaban J connectivity index is 0.00000169. The molecule has 3 nitrogen and oxygen atoms in total. The minimum Gasteiger partial charge on any atom is -1.00 e. The van der Waals surface area contributed by atoms with Gasteiger partial charge in [-0.05, 0) is 36.2 Å². The molecular formula is C20H18INO2. The molecule has 1 aliphatic rings. The third-order valence-corrected chi connectivity index (χ3v) is 4.15. The van der Waals surface area contributed by atoms with Gasteiger partial charge in [-0.2, -0.15) is 4.57 Å². The molecule has 0 N–H and O–H groups in total. The van der Waals surface area contributed by atoms with Crippen LogP contribution in [0.1, 0.15) is 18.1 Å². The minimum absolute atomic E-state index is 0. The number of aromatic nitrogens is 1. The van der Waals surface area contributed by atoms with E-state index in [1.807, 2.05) is 18.2 Å². The van der Waals surface area contributed by atoms with Gasteiger partial charge in [-0.3, -0.25) is 0 Å². The van der Waals surface area contributed by atoms with E-state index < -0.39 is 0 Å². The van der Waals surface area contributed by atoms with Crippen LogP contribution in [-0.4, -0.2) is 6.79 Å². The van der Waals surface area contributed by atoms with Crippen LogP contribution in [0.3, 0.4) is 0 Å². The average molecular weight is 431 g/mol. The fourth-order valence-electron chi connectivity index (χ4n) is 2.93. The maximum absolute atomic E-state index is 5.43. The van der Waals surface area contributed by atoms with Gasteiger partial charge in [0.2, 0.25) is 12.3 Å². The van der Waals surface area contributed by atoms with Crippen molar-refractivity contribution >= 4 is 23.1 Å². The van der Waals surface area contributed by atoms with Gasteiger partial charge in [-0.25, -0.2) is 0 Å². The first-order valence-corrected chi connectivity index (χ1v) is 7.84. The van der Waals surface area contributed by atoms with Crippen molar-refractivity contribution in [3.8, 4) is 11.5 Å². The molecule has 0 saturated heterocycles. The van der Waals surface area contributed by atoms with Crippen LogP contribution < -0.4 is 38.0 Å². The van der Waals surface area contributed by atoms with Gasteiger partial charge in [0, 0.05) is 12.1 Å². The van der Waals surface area contributed by atoms with E-state index in [2.05, 4.69) is 60.2 Å². The summed E-state index contributed by atoms with van der Waals surface area (Å²) in [7, 11) is 0. The summed E-state index contributed by atoms with van der Waals surface area (Å²) in [6.45, 7) is 3.43. The molecule has 0 unspecified atom stereocenters. The molecular weight excluding hydrogens is 413 g/mol. The first kappa shape index (κ1) is 16.8. The Bertz CT molecular complexity index is 905. The molecule has 1 aliphatic heterocycles. The standard InChI is InChI=1S/C20H18NO2.HI/c1-2-21-12-11-16(17-5-3-4-6-18(17)21)9-7-15-8-10-19-20(13-15)23-14-22-19;/h3-13H,2,14H2,1H3;1H/q+1;/p-1. The van der Waals surface area contributed by atoms with Gasteiger partial charge in [-0.15, -0.1) is 0 Å². The molecule has 4 heteroatoms. The van der Waals surface area contributed by atoms with Gasteiger partial charge in [0.1, 0.15) is 6.54 Å². The molecule has 0 fully saturated rings. The normalized spacial score (nSPS) is 12.5. The zero-order chi connectivity index (χ0) is 15.6. The van der Waals surface area contributed by atoms with Gasteiger partial charge in [-0.1, -0.05) is 30.4 Å². The van der Waals surface area contributed by atoms with Gasteiger partial charge in [0.05, 0.1) is 5.39 Å². The van der Waals surface area contributed by atoms with E-state index in [-0.39, 0.29) is 24.0 Å². The SMILES string of the molecule is CC[n+]1ccc(C=Cc2ccc3c(c2)OCO3)c2ccccc21.[I-]. The molecule has 0 saturated carbocycles. The summed E-state index contributed by atoms with van der Waals surface area (Å²) in [4.78, 5) is 0. The smallest absolute Gasteiger partial charge is 0.231 e. The topological polar surface area (TPSA) is 22.3 Å². The fraction of sp³-hybridized carbons (Fsp3) is 0.150. The number of aryl methyl sites for hydroxylation is 1. The van der Waals surface area contributed by atoms with E-state index in [0.29, 0.717) is 6.79 Å². The second-order valence-electron chi connectivity index (χ2n) is 5.52. The van der Waals surface area contributed by atoms with Crippen LogP contribution in [0.5, 0.6) is 11.5 Å². The van der Waals surface area contributed by atoms with Crippen LogP contribution in [0.4, 0.5) is 0 Å². The summed E-state index contributed by atoms with van der Waals surface area (Å²) in [5.74, 6) is 1.63. The highest BCUT2D eigenvalue weighted by atomic mass is 127. The van der Waals surface area contributed by atoms with Crippen LogP contribution in [0.15, 0.2) is 54.7 Å². The second kappa shape index (κ2) is 7.21. The number of rotatable bonds is 3. The van der Waals surface area contributed by atoms with Crippen LogP contribution in [0.25, 0.3) is 23.1 Å². The van der Waals surface area contributed by atoms with Crippen LogP contribution in [0, 0.1) is 0 Å². The van der Waals surface area contributed by atoms with Crippen molar-refractivity contribution < 1.29 is 38.0 Å². The van der Waals surface area contributed by atoms with Crippen LogP contribution in [0.2, 0.25) is 0 Å². The molecule has 0 amide bonds. The first-order valence-electron chi connectivity index (χ1n) is 7.84. The van der Waals surface area contributed by atoms with Crippen molar-refractivity contribution in [1.29, 1.82) is 0 Å². The number of nitrogens with zero attached hydrogens (tertiary/aromatic N) is 1. The molecule has 3 aromatic rings. The summed E-state index contributed by atoms with van der Waals surface area (Å²) in [6, 6.07) is 16.7. The lowest BCUT2D eigenvalue weighted by molar-refractivity contribution is -0.667. The number of hydrogen-bond donors (Lipinski definition) is 0. The van der Waals surface area contributed by atoms with E-state index in [1.54, 1.807) is 0 Å². The lowest BCUT2D eigenvalue weighted by Gasteiger charge is -2.03. The Kier molecular flexibility index (Phi) is 5.04. The Morgan fingerprint density at radius 1 is 1.00 bits per heavy atom. The molecule has 2 aromatic carbocycles. The summed E-state index contributed by atoms with van der Waals surface area (Å²) >= 11 is 0. The highest BCUT2D eigenvalue weighted by molar-refractivity contribution is 5.88. The lowest BCUT2D eigenvalue weighted by Crippen LogP contribution is -3.00. The summed E-state index contributed by atoms with van der Waals surface area (Å²) in [6.07, 6.45) is 6.40. The maximum Gasteiger partial charge on any atom is 0.231 e. The molecule has 24 heavy (non-hydrogen) atoms. The Hall–Kier alpha value is -2.08. The predicted octanol–water partition coefficient (Wildman–Crippen LogP) is 1.05. The highest BCUT2D eigenvalue weighted by Crippen LogP contribution is 2.33. The monoisotopic (exact) mass is 431 g/mol. The van der Waals surface area contributed by atoms with Crippen molar-refractivity contribution in [2.75, 3.05) is 6.79 Å². The molecule has 2 heterocycles. The molecule has 4 rings (SSSR count). The Labute approximate surface area is 158 Å². The van der Waals surface area contributed by atoms with Crippen molar-refractivity contribution in [3.63, 3.8) is 0 Å².